The summed E-state index contributed by atoms with van der Waals surface area (Å²) in [7, 11) is 5.72. The molecule has 16 heavy (non-hydrogen) atoms. The third kappa shape index (κ3) is 3.58. The third-order valence-electron chi connectivity index (χ3n) is 2.09. The van der Waals surface area contributed by atoms with Crippen LogP contribution in [0, 0.1) is 11.8 Å². The van der Waals surface area contributed by atoms with Crippen molar-refractivity contribution in [2.75, 3.05) is 27.7 Å². The highest BCUT2D eigenvalue weighted by Crippen LogP contribution is 2.19. The van der Waals surface area contributed by atoms with Gasteiger partial charge in [0.15, 0.2) is 0 Å². The summed E-state index contributed by atoms with van der Waals surface area (Å²) in [5, 5.41) is 0. The predicted octanol–water partition coefficient (Wildman–Crippen LogP) is 1.07. The van der Waals surface area contributed by atoms with E-state index in [0.717, 1.165) is 17.9 Å². The maximum absolute atomic E-state index is 5.36. The van der Waals surface area contributed by atoms with E-state index in [4.69, 9.17) is 10.5 Å². The lowest BCUT2D eigenvalue weighted by Crippen LogP contribution is -2.10. The van der Waals surface area contributed by atoms with Crippen LogP contribution < -0.4 is 10.5 Å². The molecule has 0 unspecified atom stereocenters. The molecule has 0 saturated heterocycles. The fourth-order valence-electron chi connectivity index (χ4n) is 1.46. The molecule has 0 amide bonds. The molecular weight excluding hydrogens is 200 g/mol. The van der Waals surface area contributed by atoms with Gasteiger partial charge in [-0.2, -0.15) is 0 Å². The van der Waals surface area contributed by atoms with Gasteiger partial charge in [0.2, 0.25) is 0 Å². The summed E-state index contributed by atoms with van der Waals surface area (Å²) < 4.78 is 5.25. The first-order valence-electron chi connectivity index (χ1n) is 5.18. The number of benzene rings is 1. The predicted molar refractivity (Wildman–Crippen MR) is 66.3 cm³/mol. The van der Waals surface area contributed by atoms with Crippen LogP contribution in [0.2, 0.25) is 0 Å². The van der Waals surface area contributed by atoms with Gasteiger partial charge in [-0.1, -0.05) is 17.9 Å². The molecule has 1 aromatic carbocycles. The van der Waals surface area contributed by atoms with E-state index < -0.39 is 0 Å². The standard InChI is InChI=1S/C13H18N2O/c1-15(2)10-11-6-7-13(16-3)12(9-11)5-4-8-14/h6-7,9H,8,10,14H2,1-3H3. The maximum Gasteiger partial charge on any atom is 0.134 e. The van der Waals surface area contributed by atoms with Crippen molar-refractivity contribution in [1.82, 2.24) is 4.90 Å². The van der Waals surface area contributed by atoms with Crippen molar-refractivity contribution >= 4 is 0 Å². The summed E-state index contributed by atoms with van der Waals surface area (Å²) >= 11 is 0. The minimum atomic E-state index is 0.362. The maximum atomic E-state index is 5.36. The molecule has 0 saturated carbocycles. The molecule has 0 spiro atoms. The Morgan fingerprint density at radius 1 is 1.38 bits per heavy atom. The highest BCUT2D eigenvalue weighted by atomic mass is 16.5. The molecule has 0 aliphatic rings. The Balaban J connectivity index is 3.01. The van der Waals surface area contributed by atoms with Gasteiger partial charge in [-0.05, 0) is 31.8 Å². The number of nitrogens with two attached hydrogens (primary N) is 1. The normalized spacial score (nSPS) is 9.81. The van der Waals surface area contributed by atoms with Gasteiger partial charge in [-0.15, -0.1) is 0 Å². The molecule has 3 nitrogen and oxygen atoms in total. The van der Waals surface area contributed by atoms with Gasteiger partial charge in [0.1, 0.15) is 5.75 Å². The van der Waals surface area contributed by atoms with Crippen molar-refractivity contribution in [2.24, 2.45) is 5.73 Å². The Morgan fingerprint density at radius 2 is 2.12 bits per heavy atom. The Labute approximate surface area is 97.2 Å². The second kappa shape index (κ2) is 6.16. The minimum Gasteiger partial charge on any atom is -0.495 e. The lowest BCUT2D eigenvalue weighted by Gasteiger charge is -2.11. The summed E-state index contributed by atoms with van der Waals surface area (Å²) in [4.78, 5) is 2.11. The average Bonchev–Trinajstić information content (AvgIpc) is 2.25. The number of rotatable bonds is 3. The molecule has 0 radical (unpaired) electrons. The summed E-state index contributed by atoms with van der Waals surface area (Å²) in [5.74, 6) is 6.66. The van der Waals surface area contributed by atoms with Crippen LogP contribution in [0.3, 0.4) is 0 Å². The summed E-state index contributed by atoms with van der Waals surface area (Å²) in [5.41, 5.74) is 7.47. The van der Waals surface area contributed by atoms with Gasteiger partial charge >= 0.3 is 0 Å². The Morgan fingerprint density at radius 3 is 2.69 bits per heavy atom. The monoisotopic (exact) mass is 218 g/mol. The highest BCUT2D eigenvalue weighted by molar-refractivity contribution is 5.48. The number of methoxy groups -OCH3 is 1. The van der Waals surface area contributed by atoms with Crippen LogP contribution in [0.25, 0.3) is 0 Å². The number of hydrogen-bond donors (Lipinski definition) is 1. The van der Waals surface area contributed by atoms with Crippen molar-refractivity contribution in [1.29, 1.82) is 0 Å². The molecule has 0 fully saturated rings. The van der Waals surface area contributed by atoms with Crippen LogP contribution in [0.1, 0.15) is 11.1 Å². The highest BCUT2D eigenvalue weighted by Gasteiger charge is 2.02. The summed E-state index contributed by atoms with van der Waals surface area (Å²) in [6.07, 6.45) is 0. The molecule has 0 bridgehead atoms. The molecular formula is C13H18N2O. The molecule has 3 heteroatoms. The van der Waals surface area contributed by atoms with Gasteiger partial charge < -0.3 is 15.4 Å². The SMILES string of the molecule is COc1ccc(CN(C)C)cc1C#CCN. The van der Waals surface area contributed by atoms with Crippen molar-refractivity contribution < 1.29 is 4.74 Å². The van der Waals surface area contributed by atoms with Crippen LogP contribution in [-0.4, -0.2) is 32.6 Å². The fourth-order valence-corrected chi connectivity index (χ4v) is 1.46. The molecule has 0 heterocycles. The fraction of sp³-hybridized carbons (Fsp3) is 0.385. The van der Waals surface area contributed by atoms with E-state index in [0.29, 0.717) is 6.54 Å². The van der Waals surface area contributed by atoms with Crippen molar-refractivity contribution in [3.63, 3.8) is 0 Å². The van der Waals surface area contributed by atoms with Crippen molar-refractivity contribution in [3.8, 4) is 17.6 Å². The van der Waals surface area contributed by atoms with Crippen LogP contribution in [0.4, 0.5) is 0 Å². The molecule has 0 aromatic heterocycles. The average molecular weight is 218 g/mol. The summed E-state index contributed by atoms with van der Waals surface area (Å²) in [6.45, 7) is 1.25. The van der Waals surface area contributed by atoms with Gasteiger partial charge in [0.05, 0.1) is 19.2 Å². The molecule has 1 rings (SSSR count). The van der Waals surface area contributed by atoms with E-state index in [1.54, 1.807) is 7.11 Å². The van der Waals surface area contributed by atoms with Crippen LogP contribution in [-0.2, 0) is 6.54 Å². The van der Waals surface area contributed by atoms with Gasteiger partial charge in [-0.25, -0.2) is 0 Å². The Bertz CT molecular complexity index is 402. The van der Waals surface area contributed by atoms with Gasteiger partial charge in [0.25, 0.3) is 0 Å². The van der Waals surface area contributed by atoms with E-state index in [-0.39, 0.29) is 0 Å². The zero-order valence-electron chi connectivity index (χ0n) is 10.1. The molecule has 0 aliphatic carbocycles. The van der Waals surface area contributed by atoms with Crippen LogP contribution >= 0.6 is 0 Å². The molecule has 2 N–H and O–H groups in total. The number of ether oxygens (including phenoxy) is 1. The second-order valence-electron chi connectivity index (χ2n) is 3.78. The molecule has 1 aromatic rings. The zero-order chi connectivity index (χ0) is 12.0. The first kappa shape index (κ1) is 12.6. The second-order valence-corrected chi connectivity index (χ2v) is 3.78. The first-order chi connectivity index (χ1) is 7.67. The van der Waals surface area contributed by atoms with Gasteiger partial charge in [0, 0.05) is 6.54 Å². The Kier molecular flexibility index (Phi) is 4.84. The number of hydrogen-bond acceptors (Lipinski definition) is 3. The smallest absolute Gasteiger partial charge is 0.134 e. The zero-order valence-corrected chi connectivity index (χ0v) is 10.1. The van der Waals surface area contributed by atoms with Gasteiger partial charge in [-0.3, -0.25) is 0 Å². The van der Waals surface area contributed by atoms with E-state index >= 15 is 0 Å². The van der Waals surface area contributed by atoms with Crippen LogP contribution in [0.5, 0.6) is 5.75 Å². The van der Waals surface area contributed by atoms with E-state index in [9.17, 15) is 0 Å². The summed E-state index contributed by atoms with van der Waals surface area (Å²) in [6, 6.07) is 6.04. The third-order valence-corrected chi connectivity index (χ3v) is 2.09. The molecule has 0 aliphatic heterocycles. The minimum absolute atomic E-state index is 0.362. The van der Waals surface area contributed by atoms with E-state index in [1.807, 2.05) is 32.3 Å². The number of nitrogens with zero attached hydrogens (tertiary/aromatic N) is 1. The van der Waals surface area contributed by atoms with Crippen molar-refractivity contribution in [3.05, 3.63) is 29.3 Å². The largest absolute Gasteiger partial charge is 0.495 e. The molecule has 0 atom stereocenters. The van der Waals surface area contributed by atoms with Crippen molar-refractivity contribution in [2.45, 2.75) is 6.54 Å². The quantitative estimate of drug-likeness (QED) is 0.771. The first-order valence-corrected chi connectivity index (χ1v) is 5.18. The van der Waals surface area contributed by atoms with E-state index in [2.05, 4.69) is 16.7 Å². The lowest BCUT2D eigenvalue weighted by atomic mass is 10.1. The lowest BCUT2D eigenvalue weighted by molar-refractivity contribution is 0.399. The Hall–Kier alpha value is -1.50. The molecule has 86 valence electrons. The topological polar surface area (TPSA) is 38.5 Å². The van der Waals surface area contributed by atoms with E-state index in [1.165, 1.54) is 5.56 Å². The van der Waals surface area contributed by atoms with Crippen LogP contribution in [0.15, 0.2) is 18.2 Å².